The molecule has 1 heterocycles. The number of esters is 2. The van der Waals surface area contributed by atoms with Gasteiger partial charge in [-0.25, -0.2) is 19.6 Å². The number of nitrogens with zero attached hydrogens (tertiary/aromatic N) is 2. The molecule has 0 saturated carbocycles. The Morgan fingerprint density at radius 3 is 1.39 bits per heavy atom. The molecule has 5 aromatic carbocycles. The normalized spacial score (nSPS) is 10.9. The molecule has 0 aliphatic heterocycles. The van der Waals surface area contributed by atoms with E-state index in [-0.39, 0.29) is 35.6 Å². The van der Waals surface area contributed by atoms with Gasteiger partial charge in [0.1, 0.15) is 11.5 Å². The lowest BCUT2D eigenvalue weighted by Crippen LogP contribution is -2.04. The Labute approximate surface area is 249 Å². The van der Waals surface area contributed by atoms with Gasteiger partial charge in [-0.05, 0) is 70.4 Å². The van der Waals surface area contributed by atoms with E-state index in [1.807, 2.05) is 48.5 Å². The van der Waals surface area contributed by atoms with Gasteiger partial charge in [0.25, 0.3) is 12.9 Å². The van der Waals surface area contributed by atoms with Gasteiger partial charge in [-0.3, -0.25) is 9.59 Å². The van der Waals surface area contributed by atoms with Gasteiger partial charge in [0.2, 0.25) is 0 Å². The van der Waals surface area contributed by atoms with E-state index >= 15 is 0 Å². The van der Waals surface area contributed by atoms with Gasteiger partial charge in [0.15, 0.2) is 0 Å². The van der Waals surface area contributed by atoms with Crippen LogP contribution in [0, 0.1) is 0 Å². The van der Waals surface area contributed by atoms with Crippen LogP contribution in [0.3, 0.4) is 0 Å². The fourth-order valence-electron chi connectivity index (χ4n) is 5.31. The maximum Gasteiger partial charge on any atom is 0.338 e. The van der Waals surface area contributed by atoms with Crippen LogP contribution in [0.25, 0.3) is 55.1 Å². The third-order valence-corrected chi connectivity index (χ3v) is 7.11. The highest BCUT2D eigenvalue weighted by molar-refractivity contribution is 6.20. The molecule has 1 aromatic heterocycles. The second kappa shape index (κ2) is 11.6. The fourth-order valence-corrected chi connectivity index (χ4v) is 5.31. The standard InChI is InChI=1S/C34H22N2O8/c1-41-33(39)21-11-19(13-23(15-21)43-17-37)29-25-7-3-4-8-26(25)30(32-31(29)35-27-9-5-6-10-28(27)36-32)20-12-22(34(40)42-2)16-24(14-20)44-18-38/h3-18H,1-2H3. The summed E-state index contributed by atoms with van der Waals surface area (Å²) >= 11 is 0. The summed E-state index contributed by atoms with van der Waals surface area (Å²) in [6.07, 6.45) is 0. The van der Waals surface area contributed by atoms with Crippen molar-refractivity contribution in [1.82, 2.24) is 9.97 Å². The molecule has 0 amide bonds. The zero-order valence-corrected chi connectivity index (χ0v) is 23.4. The lowest BCUT2D eigenvalue weighted by molar-refractivity contribution is -0.121. The van der Waals surface area contributed by atoms with Gasteiger partial charge in [-0.2, -0.15) is 0 Å². The fraction of sp³-hybridized carbons (Fsp3) is 0.0588. The number of para-hydroxylation sites is 2. The maximum atomic E-state index is 12.6. The molecule has 0 fully saturated rings. The number of fused-ring (bicyclic) bond motifs is 3. The van der Waals surface area contributed by atoms with Crippen LogP contribution in [0.5, 0.6) is 11.5 Å². The molecule has 0 unspecified atom stereocenters. The predicted octanol–water partition coefficient (Wildman–Crippen LogP) is 5.91. The van der Waals surface area contributed by atoms with Crippen molar-refractivity contribution in [3.63, 3.8) is 0 Å². The van der Waals surface area contributed by atoms with E-state index in [1.165, 1.54) is 26.4 Å². The summed E-state index contributed by atoms with van der Waals surface area (Å²) < 4.78 is 20.2. The van der Waals surface area contributed by atoms with Crippen LogP contribution in [-0.2, 0) is 19.1 Å². The van der Waals surface area contributed by atoms with Crippen LogP contribution in [-0.4, -0.2) is 49.1 Å². The minimum atomic E-state index is -0.619. The number of aromatic nitrogens is 2. The van der Waals surface area contributed by atoms with Crippen LogP contribution in [0.1, 0.15) is 20.7 Å². The molecule has 0 aliphatic rings. The van der Waals surface area contributed by atoms with Gasteiger partial charge in [0.05, 0.1) is 47.4 Å². The minimum Gasteiger partial charge on any atom is -0.465 e. The third kappa shape index (κ3) is 4.94. The van der Waals surface area contributed by atoms with Crippen molar-refractivity contribution in [2.24, 2.45) is 0 Å². The summed E-state index contributed by atoms with van der Waals surface area (Å²) in [5, 5.41) is 1.44. The van der Waals surface area contributed by atoms with E-state index in [0.717, 1.165) is 10.8 Å². The number of rotatable bonds is 8. The quantitative estimate of drug-likeness (QED) is 0.120. The topological polar surface area (TPSA) is 131 Å². The van der Waals surface area contributed by atoms with Crippen molar-refractivity contribution in [3.8, 4) is 33.8 Å². The van der Waals surface area contributed by atoms with Gasteiger partial charge in [-0.1, -0.05) is 36.4 Å². The first-order chi connectivity index (χ1) is 21.4. The zero-order valence-electron chi connectivity index (χ0n) is 23.4. The van der Waals surface area contributed by atoms with E-state index < -0.39 is 11.9 Å². The van der Waals surface area contributed by atoms with E-state index in [1.54, 1.807) is 24.3 Å². The number of carbonyl (C=O) groups excluding carboxylic acids is 4. The van der Waals surface area contributed by atoms with Crippen LogP contribution in [0.15, 0.2) is 84.9 Å². The van der Waals surface area contributed by atoms with Crippen LogP contribution < -0.4 is 9.47 Å². The smallest absolute Gasteiger partial charge is 0.338 e. The SMILES string of the molecule is COC(=O)c1cc(OC=O)cc(-c2c3ccccc3c(-c3cc(OC=O)cc(C(=O)OC)c3)c3nc4ccccc4nc23)c1. The van der Waals surface area contributed by atoms with Crippen LogP contribution in [0.2, 0.25) is 0 Å². The third-order valence-electron chi connectivity index (χ3n) is 7.11. The average Bonchev–Trinajstić information content (AvgIpc) is 3.05. The van der Waals surface area contributed by atoms with Gasteiger partial charge >= 0.3 is 11.9 Å². The summed E-state index contributed by atoms with van der Waals surface area (Å²) in [7, 11) is 2.52. The van der Waals surface area contributed by atoms with E-state index in [2.05, 4.69) is 0 Å². The Morgan fingerprint density at radius 2 is 1.00 bits per heavy atom. The van der Waals surface area contributed by atoms with E-state index in [4.69, 9.17) is 28.9 Å². The van der Waals surface area contributed by atoms with Gasteiger partial charge in [-0.15, -0.1) is 0 Å². The molecule has 0 aliphatic carbocycles. The number of hydrogen-bond acceptors (Lipinski definition) is 10. The van der Waals surface area contributed by atoms with Crippen molar-refractivity contribution in [2.45, 2.75) is 0 Å². The Hall–Kier alpha value is -6.16. The highest BCUT2D eigenvalue weighted by Crippen LogP contribution is 2.44. The largest absolute Gasteiger partial charge is 0.465 e. The summed E-state index contributed by atoms with van der Waals surface area (Å²) in [6.45, 7) is 0.556. The predicted molar refractivity (Wildman–Crippen MR) is 161 cm³/mol. The van der Waals surface area contributed by atoms with Crippen LogP contribution in [0.4, 0.5) is 0 Å². The van der Waals surface area contributed by atoms with Gasteiger partial charge < -0.3 is 18.9 Å². The molecule has 6 rings (SSSR count). The van der Waals surface area contributed by atoms with Crippen molar-refractivity contribution in [2.75, 3.05) is 14.2 Å². The zero-order chi connectivity index (χ0) is 30.8. The summed E-state index contributed by atoms with van der Waals surface area (Å²) in [5.74, 6) is -0.970. The second-order valence-electron chi connectivity index (χ2n) is 9.61. The van der Waals surface area contributed by atoms with E-state index in [9.17, 15) is 19.2 Å². The molecule has 0 bridgehead atoms. The van der Waals surface area contributed by atoms with Crippen molar-refractivity contribution >= 4 is 57.7 Å². The number of benzene rings is 5. The molecular weight excluding hydrogens is 564 g/mol. The molecule has 44 heavy (non-hydrogen) atoms. The highest BCUT2D eigenvalue weighted by Gasteiger charge is 2.23. The summed E-state index contributed by atoms with van der Waals surface area (Å²) in [5.41, 5.74) is 4.78. The summed E-state index contributed by atoms with van der Waals surface area (Å²) in [4.78, 5) is 57.9. The van der Waals surface area contributed by atoms with Crippen LogP contribution >= 0.6 is 0 Å². The number of ether oxygens (including phenoxy) is 4. The highest BCUT2D eigenvalue weighted by atomic mass is 16.5. The van der Waals surface area contributed by atoms with Gasteiger partial charge in [0, 0.05) is 11.1 Å². The first kappa shape index (κ1) is 28.0. The minimum absolute atomic E-state index is 0.134. The summed E-state index contributed by atoms with van der Waals surface area (Å²) in [6, 6.07) is 24.2. The monoisotopic (exact) mass is 586 g/mol. The molecule has 10 nitrogen and oxygen atoms in total. The molecule has 216 valence electrons. The maximum absolute atomic E-state index is 12.6. The molecule has 0 atom stereocenters. The number of methoxy groups -OCH3 is 2. The molecule has 0 N–H and O–H groups in total. The molecular formula is C34H22N2O8. The first-order valence-corrected chi connectivity index (χ1v) is 13.2. The molecule has 10 heteroatoms. The Morgan fingerprint density at radius 1 is 0.591 bits per heavy atom. The van der Waals surface area contributed by atoms with Crippen molar-refractivity contribution in [1.29, 1.82) is 0 Å². The van der Waals surface area contributed by atoms with Crippen molar-refractivity contribution in [3.05, 3.63) is 96.1 Å². The average molecular weight is 587 g/mol. The Balaban J connectivity index is 1.80. The molecule has 0 spiro atoms. The first-order valence-electron chi connectivity index (χ1n) is 13.2. The second-order valence-corrected chi connectivity index (χ2v) is 9.61. The molecule has 6 aromatic rings. The van der Waals surface area contributed by atoms with Crippen molar-refractivity contribution < 1.29 is 38.1 Å². The lowest BCUT2D eigenvalue weighted by atomic mass is 9.88. The molecule has 0 saturated heterocycles. The Kier molecular flexibility index (Phi) is 7.38. The van der Waals surface area contributed by atoms with E-state index in [0.29, 0.717) is 44.3 Å². The number of carbonyl (C=O) groups is 4. The number of hydrogen-bond donors (Lipinski definition) is 0. The lowest BCUT2D eigenvalue weighted by Gasteiger charge is -2.18. The molecule has 0 radical (unpaired) electrons. The Bertz CT molecular complexity index is 1990.